The lowest BCUT2D eigenvalue weighted by molar-refractivity contribution is -0.297. The minimum absolute atomic E-state index is 0.172. The third kappa shape index (κ3) is 28.7. The predicted molar refractivity (Wildman–Crippen MR) is 215 cm³/mol. The highest BCUT2D eigenvalue weighted by atomic mass is 32.2. The zero-order chi connectivity index (χ0) is 40.6. The second-order valence-corrected chi connectivity index (χ2v) is 17.2. The van der Waals surface area contributed by atoms with Crippen molar-refractivity contribution in [3.63, 3.8) is 0 Å². The zero-order valence-electron chi connectivity index (χ0n) is 34.6. The lowest BCUT2D eigenvalue weighted by atomic mass is 10.00. The Morgan fingerprint density at radius 2 is 0.927 bits per heavy atom. The first-order chi connectivity index (χ1) is 26.5. The first kappa shape index (κ1) is 51.7. The lowest BCUT2D eigenvalue weighted by Crippen LogP contribution is -2.60. The van der Waals surface area contributed by atoms with Gasteiger partial charge in [-0.05, 0) is 12.8 Å². The fraction of sp³-hybridized carbons (Fsp3) is 0.952. The quantitative estimate of drug-likeness (QED) is 0.0267. The Labute approximate surface area is 333 Å². The van der Waals surface area contributed by atoms with Crippen molar-refractivity contribution >= 4 is 22.1 Å². The second kappa shape index (κ2) is 33.6. The standard InChI is InChI=1S/C42H80O12S/c1-3-5-7-9-11-13-15-17-19-21-23-25-27-29-31-38(44)53-35(33-52-42-41(47)40(46)39(45)36(54-42)34-55(48,49)50)32-51-37(43)30-28-26-24-22-20-18-16-14-12-10-8-6-4-2/h35-36,39-42,45-47H,3-34H2,1-2H3,(H,48,49,50). The number of carbonyl (C=O) groups excluding carboxylic acids is 2. The van der Waals surface area contributed by atoms with Crippen molar-refractivity contribution in [1.82, 2.24) is 0 Å². The van der Waals surface area contributed by atoms with Crippen molar-refractivity contribution < 1.29 is 56.8 Å². The van der Waals surface area contributed by atoms with Gasteiger partial charge in [0.15, 0.2) is 12.4 Å². The summed E-state index contributed by atoms with van der Waals surface area (Å²) in [5.41, 5.74) is 0. The van der Waals surface area contributed by atoms with E-state index in [9.17, 15) is 37.9 Å². The molecule has 13 heteroatoms. The average molecular weight is 809 g/mol. The molecule has 1 saturated heterocycles. The molecule has 326 valence electrons. The van der Waals surface area contributed by atoms with E-state index < -0.39 is 71.2 Å². The van der Waals surface area contributed by atoms with Gasteiger partial charge in [-0.2, -0.15) is 8.42 Å². The molecule has 0 bridgehead atoms. The highest BCUT2D eigenvalue weighted by molar-refractivity contribution is 7.85. The third-order valence-corrected chi connectivity index (χ3v) is 11.2. The monoisotopic (exact) mass is 809 g/mol. The van der Waals surface area contributed by atoms with E-state index in [0.717, 1.165) is 38.5 Å². The van der Waals surface area contributed by atoms with Crippen LogP contribution in [-0.4, -0.2) is 96.0 Å². The van der Waals surface area contributed by atoms with Crippen LogP contribution in [0, 0.1) is 0 Å². The molecule has 1 rings (SSSR count). The van der Waals surface area contributed by atoms with Crippen molar-refractivity contribution in [2.24, 2.45) is 0 Å². The maximum atomic E-state index is 12.8. The maximum Gasteiger partial charge on any atom is 0.306 e. The summed E-state index contributed by atoms with van der Waals surface area (Å²) in [5.74, 6) is -1.96. The summed E-state index contributed by atoms with van der Waals surface area (Å²) in [6.45, 7) is 3.77. The fourth-order valence-corrected chi connectivity index (χ4v) is 7.66. The molecule has 6 atom stereocenters. The largest absolute Gasteiger partial charge is 0.462 e. The predicted octanol–water partition coefficient (Wildman–Crippen LogP) is 8.51. The van der Waals surface area contributed by atoms with E-state index in [1.807, 2.05) is 0 Å². The summed E-state index contributed by atoms with van der Waals surface area (Å²) in [4.78, 5) is 25.3. The highest BCUT2D eigenvalue weighted by Crippen LogP contribution is 2.24. The molecule has 1 heterocycles. The van der Waals surface area contributed by atoms with Crippen LogP contribution in [0.2, 0.25) is 0 Å². The van der Waals surface area contributed by atoms with Gasteiger partial charge in [0, 0.05) is 12.8 Å². The Balaban J connectivity index is 2.45. The van der Waals surface area contributed by atoms with Crippen LogP contribution < -0.4 is 0 Å². The molecule has 1 fully saturated rings. The molecule has 1 aliphatic heterocycles. The Morgan fingerprint density at radius 1 is 0.545 bits per heavy atom. The lowest BCUT2D eigenvalue weighted by Gasteiger charge is -2.40. The van der Waals surface area contributed by atoms with E-state index in [2.05, 4.69) is 13.8 Å². The molecule has 0 aliphatic carbocycles. The van der Waals surface area contributed by atoms with Crippen LogP contribution in [-0.2, 0) is 38.7 Å². The van der Waals surface area contributed by atoms with E-state index in [1.165, 1.54) is 122 Å². The van der Waals surface area contributed by atoms with E-state index >= 15 is 0 Å². The molecule has 1 aliphatic rings. The van der Waals surface area contributed by atoms with Crippen LogP contribution in [0.3, 0.4) is 0 Å². The SMILES string of the molecule is CCCCCCCCCCCCCCCCC(=O)OC(COC(=O)CCCCCCCCCCCCCCC)COC1OC(CS(=O)(=O)O)C(O)C(O)C1O. The van der Waals surface area contributed by atoms with Crippen molar-refractivity contribution in [2.75, 3.05) is 19.0 Å². The molecule has 0 aromatic rings. The molecular formula is C42H80O12S. The smallest absolute Gasteiger partial charge is 0.306 e. The van der Waals surface area contributed by atoms with Crippen LogP contribution in [0.25, 0.3) is 0 Å². The van der Waals surface area contributed by atoms with E-state index in [4.69, 9.17) is 18.9 Å². The summed E-state index contributed by atoms with van der Waals surface area (Å²) in [7, 11) is -4.59. The van der Waals surface area contributed by atoms with Gasteiger partial charge in [-0.3, -0.25) is 14.1 Å². The summed E-state index contributed by atoms with van der Waals surface area (Å²) in [5, 5.41) is 30.8. The Hall–Kier alpha value is -1.35. The van der Waals surface area contributed by atoms with Crippen LogP contribution in [0.4, 0.5) is 0 Å². The van der Waals surface area contributed by atoms with Crippen molar-refractivity contribution in [3.05, 3.63) is 0 Å². The summed E-state index contributed by atoms with van der Waals surface area (Å²) in [6.07, 6.45) is 22.9. The Kier molecular flexibility index (Phi) is 31.6. The number of esters is 2. The topological polar surface area (TPSA) is 186 Å². The molecule has 0 spiro atoms. The molecule has 0 radical (unpaired) electrons. The number of hydrogen-bond acceptors (Lipinski definition) is 11. The van der Waals surface area contributed by atoms with Gasteiger partial charge < -0.3 is 34.3 Å². The minimum Gasteiger partial charge on any atom is -0.462 e. The van der Waals surface area contributed by atoms with Crippen molar-refractivity contribution in [3.8, 4) is 0 Å². The van der Waals surface area contributed by atoms with E-state index in [-0.39, 0.29) is 19.4 Å². The highest BCUT2D eigenvalue weighted by Gasteiger charge is 2.46. The molecule has 6 unspecified atom stereocenters. The second-order valence-electron chi connectivity index (χ2n) is 15.7. The average Bonchev–Trinajstić information content (AvgIpc) is 3.14. The summed E-state index contributed by atoms with van der Waals surface area (Å²) >= 11 is 0. The number of unbranched alkanes of at least 4 members (excludes halogenated alkanes) is 25. The molecule has 0 saturated carbocycles. The number of aliphatic hydroxyl groups is 3. The molecule has 0 amide bonds. The van der Waals surface area contributed by atoms with Gasteiger partial charge >= 0.3 is 11.9 Å². The van der Waals surface area contributed by atoms with Crippen LogP contribution in [0.1, 0.15) is 200 Å². The number of hydrogen-bond donors (Lipinski definition) is 4. The maximum absolute atomic E-state index is 12.8. The van der Waals surface area contributed by atoms with Crippen LogP contribution in [0.15, 0.2) is 0 Å². The van der Waals surface area contributed by atoms with Crippen molar-refractivity contribution in [2.45, 2.75) is 237 Å². The van der Waals surface area contributed by atoms with Gasteiger partial charge in [0.2, 0.25) is 0 Å². The third-order valence-electron chi connectivity index (χ3n) is 10.4. The first-order valence-corrected chi connectivity index (χ1v) is 23.7. The minimum atomic E-state index is -4.59. The molecular weight excluding hydrogens is 729 g/mol. The normalized spacial score (nSPS) is 20.7. The van der Waals surface area contributed by atoms with Gasteiger partial charge in [-0.15, -0.1) is 0 Å². The first-order valence-electron chi connectivity index (χ1n) is 22.1. The molecule has 4 N–H and O–H groups in total. The zero-order valence-corrected chi connectivity index (χ0v) is 35.4. The molecule has 0 aromatic carbocycles. The van der Waals surface area contributed by atoms with E-state index in [1.54, 1.807) is 0 Å². The number of ether oxygens (including phenoxy) is 4. The van der Waals surface area contributed by atoms with Gasteiger partial charge in [0.25, 0.3) is 10.1 Å². The van der Waals surface area contributed by atoms with Gasteiger partial charge in [-0.1, -0.05) is 174 Å². The molecule has 0 aromatic heterocycles. The molecule has 12 nitrogen and oxygen atoms in total. The number of aliphatic hydroxyl groups excluding tert-OH is 3. The van der Waals surface area contributed by atoms with Gasteiger partial charge in [0.1, 0.15) is 36.8 Å². The Morgan fingerprint density at radius 3 is 1.33 bits per heavy atom. The summed E-state index contributed by atoms with van der Waals surface area (Å²) in [6, 6.07) is 0. The molecule has 55 heavy (non-hydrogen) atoms. The number of carbonyl (C=O) groups is 2. The van der Waals surface area contributed by atoms with Gasteiger partial charge in [-0.25, -0.2) is 0 Å². The van der Waals surface area contributed by atoms with Crippen LogP contribution >= 0.6 is 0 Å². The Bertz CT molecular complexity index is 1040. The van der Waals surface area contributed by atoms with E-state index in [0.29, 0.717) is 12.8 Å². The van der Waals surface area contributed by atoms with Crippen LogP contribution in [0.5, 0.6) is 0 Å². The fourth-order valence-electron chi connectivity index (χ4n) is 6.97. The number of rotatable bonds is 37. The van der Waals surface area contributed by atoms with Gasteiger partial charge in [0.05, 0.1) is 6.61 Å². The summed E-state index contributed by atoms with van der Waals surface area (Å²) < 4.78 is 54.0. The van der Waals surface area contributed by atoms with Crippen molar-refractivity contribution in [1.29, 1.82) is 0 Å².